The minimum atomic E-state index is -0.217. The first-order valence-electron chi connectivity index (χ1n) is 9.34. The van der Waals surface area contributed by atoms with Gasteiger partial charge >= 0.3 is 0 Å². The third-order valence-corrected chi connectivity index (χ3v) is 5.05. The molecule has 1 heterocycles. The summed E-state index contributed by atoms with van der Waals surface area (Å²) >= 11 is 5.88. The largest absolute Gasteiger partial charge is 0.370 e. The third-order valence-electron chi connectivity index (χ3n) is 4.80. The van der Waals surface area contributed by atoms with Crippen LogP contribution < -0.4 is 10.2 Å². The molecule has 1 N–H and O–H groups in total. The Morgan fingerprint density at radius 2 is 1.74 bits per heavy atom. The maximum Gasteiger partial charge on any atom is 0.234 e. The maximum absolute atomic E-state index is 13.1. The van der Waals surface area contributed by atoms with E-state index in [9.17, 15) is 9.18 Å². The molecule has 0 bridgehead atoms. The Bertz CT molecular complexity index is 736. The van der Waals surface area contributed by atoms with Crippen molar-refractivity contribution in [1.29, 1.82) is 0 Å². The number of halogens is 2. The fourth-order valence-electron chi connectivity index (χ4n) is 3.30. The number of anilines is 1. The fourth-order valence-corrected chi connectivity index (χ4v) is 3.42. The molecule has 2 aromatic carbocycles. The van der Waals surface area contributed by atoms with E-state index in [1.807, 2.05) is 36.4 Å². The van der Waals surface area contributed by atoms with Crippen molar-refractivity contribution in [2.45, 2.75) is 12.8 Å². The molecule has 1 fully saturated rings. The van der Waals surface area contributed by atoms with Gasteiger partial charge in [0.05, 0.1) is 6.54 Å². The summed E-state index contributed by atoms with van der Waals surface area (Å²) in [6.45, 7) is 4.50. The molecule has 6 heteroatoms. The summed E-state index contributed by atoms with van der Waals surface area (Å²) < 4.78 is 13.1. The second kappa shape index (κ2) is 9.72. The molecular weight excluding hydrogens is 365 g/mol. The fraction of sp³-hybridized carbons (Fsp3) is 0.381. The number of nitrogens with zero attached hydrogens (tertiary/aromatic N) is 2. The third kappa shape index (κ3) is 6.22. The Balaban J connectivity index is 1.40. The Morgan fingerprint density at radius 1 is 1.00 bits per heavy atom. The Labute approximate surface area is 164 Å². The molecule has 0 atom stereocenters. The maximum atomic E-state index is 13.1. The highest BCUT2D eigenvalue weighted by Gasteiger charge is 2.17. The van der Waals surface area contributed by atoms with E-state index in [1.54, 1.807) is 0 Å². The molecule has 0 saturated carbocycles. The molecule has 0 spiro atoms. The molecule has 1 aliphatic heterocycles. The van der Waals surface area contributed by atoms with Gasteiger partial charge in [-0.2, -0.15) is 0 Å². The summed E-state index contributed by atoms with van der Waals surface area (Å²) in [7, 11) is 0. The predicted octanol–water partition coefficient (Wildman–Crippen LogP) is 3.35. The van der Waals surface area contributed by atoms with E-state index in [-0.39, 0.29) is 11.7 Å². The average molecular weight is 390 g/mol. The van der Waals surface area contributed by atoms with Crippen molar-refractivity contribution in [3.05, 3.63) is 64.9 Å². The molecule has 2 aromatic rings. The molecule has 4 nitrogen and oxygen atoms in total. The summed E-state index contributed by atoms with van der Waals surface area (Å²) in [6, 6.07) is 14.3. The average Bonchev–Trinajstić information content (AvgIpc) is 2.90. The first kappa shape index (κ1) is 19.6. The van der Waals surface area contributed by atoms with Crippen LogP contribution in [0.2, 0.25) is 5.02 Å². The number of hydrogen-bond donors (Lipinski definition) is 1. The van der Waals surface area contributed by atoms with E-state index < -0.39 is 0 Å². The highest BCUT2D eigenvalue weighted by atomic mass is 35.5. The first-order valence-corrected chi connectivity index (χ1v) is 9.72. The summed E-state index contributed by atoms with van der Waals surface area (Å²) in [5.41, 5.74) is 2.19. The van der Waals surface area contributed by atoms with Gasteiger partial charge in [-0.05, 0) is 54.8 Å². The van der Waals surface area contributed by atoms with Crippen molar-refractivity contribution in [2.75, 3.05) is 44.2 Å². The molecule has 144 valence electrons. The number of rotatable bonds is 6. The van der Waals surface area contributed by atoms with Crippen LogP contribution in [-0.2, 0) is 11.2 Å². The van der Waals surface area contributed by atoms with Crippen LogP contribution in [0.1, 0.15) is 12.0 Å². The molecule has 0 aromatic heterocycles. The summed E-state index contributed by atoms with van der Waals surface area (Å²) in [6.07, 6.45) is 1.77. The number of carbonyl (C=O) groups is 1. The summed E-state index contributed by atoms with van der Waals surface area (Å²) in [5, 5.41) is 3.71. The molecule has 1 saturated heterocycles. The van der Waals surface area contributed by atoms with Crippen molar-refractivity contribution in [3.8, 4) is 0 Å². The van der Waals surface area contributed by atoms with E-state index in [0.717, 1.165) is 55.3 Å². The standard InChI is InChI=1S/C21H25ClFN3O/c22-18-4-2-17(3-5-18)10-11-24-21(27)16-25-12-1-13-26(15-14-25)20-8-6-19(23)7-9-20/h2-9H,1,10-16H2,(H,24,27). The Hall–Kier alpha value is -2.11. The molecule has 27 heavy (non-hydrogen) atoms. The quantitative estimate of drug-likeness (QED) is 0.823. The second-order valence-electron chi connectivity index (χ2n) is 6.82. The second-order valence-corrected chi connectivity index (χ2v) is 7.26. The van der Waals surface area contributed by atoms with Gasteiger partial charge in [0.2, 0.25) is 5.91 Å². The van der Waals surface area contributed by atoms with Crippen molar-refractivity contribution < 1.29 is 9.18 Å². The van der Waals surface area contributed by atoms with Crippen LogP contribution in [-0.4, -0.2) is 50.1 Å². The van der Waals surface area contributed by atoms with Gasteiger partial charge in [0.25, 0.3) is 0 Å². The zero-order chi connectivity index (χ0) is 19.1. The van der Waals surface area contributed by atoms with Gasteiger partial charge in [-0.25, -0.2) is 4.39 Å². The summed E-state index contributed by atoms with van der Waals surface area (Å²) in [5.74, 6) is -0.162. The van der Waals surface area contributed by atoms with E-state index in [4.69, 9.17) is 11.6 Å². The van der Waals surface area contributed by atoms with Crippen LogP contribution in [0.5, 0.6) is 0 Å². The monoisotopic (exact) mass is 389 g/mol. The lowest BCUT2D eigenvalue weighted by Crippen LogP contribution is -2.39. The number of hydrogen-bond acceptors (Lipinski definition) is 3. The van der Waals surface area contributed by atoms with Gasteiger partial charge in [0.15, 0.2) is 0 Å². The molecule has 0 aliphatic carbocycles. The predicted molar refractivity (Wildman–Crippen MR) is 108 cm³/mol. The number of benzene rings is 2. The Kier molecular flexibility index (Phi) is 7.07. The highest BCUT2D eigenvalue weighted by Crippen LogP contribution is 2.17. The van der Waals surface area contributed by atoms with Gasteiger partial charge in [-0.15, -0.1) is 0 Å². The zero-order valence-electron chi connectivity index (χ0n) is 15.3. The number of carbonyl (C=O) groups excluding carboxylic acids is 1. The molecule has 3 rings (SSSR count). The molecular formula is C21H25ClFN3O. The van der Waals surface area contributed by atoms with Crippen molar-refractivity contribution >= 4 is 23.2 Å². The lowest BCUT2D eigenvalue weighted by Gasteiger charge is -2.23. The van der Waals surface area contributed by atoms with E-state index in [1.165, 1.54) is 12.1 Å². The van der Waals surface area contributed by atoms with Crippen molar-refractivity contribution in [2.24, 2.45) is 0 Å². The first-order chi connectivity index (χ1) is 13.1. The van der Waals surface area contributed by atoms with Crippen LogP contribution in [0.3, 0.4) is 0 Å². The van der Waals surface area contributed by atoms with Crippen LogP contribution in [0.25, 0.3) is 0 Å². The normalized spacial score (nSPS) is 15.4. The van der Waals surface area contributed by atoms with Gasteiger partial charge < -0.3 is 10.2 Å². The number of amides is 1. The van der Waals surface area contributed by atoms with Gasteiger partial charge in [0, 0.05) is 43.4 Å². The van der Waals surface area contributed by atoms with Crippen LogP contribution in [0.15, 0.2) is 48.5 Å². The van der Waals surface area contributed by atoms with Crippen molar-refractivity contribution in [3.63, 3.8) is 0 Å². The van der Waals surface area contributed by atoms with Gasteiger partial charge in [0.1, 0.15) is 5.82 Å². The topological polar surface area (TPSA) is 35.6 Å². The van der Waals surface area contributed by atoms with Crippen LogP contribution >= 0.6 is 11.6 Å². The van der Waals surface area contributed by atoms with E-state index in [2.05, 4.69) is 15.1 Å². The molecule has 1 amide bonds. The zero-order valence-corrected chi connectivity index (χ0v) is 16.1. The minimum absolute atomic E-state index is 0.0548. The van der Waals surface area contributed by atoms with E-state index in [0.29, 0.717) is 13.1 Å². The highest BCUT2D eigenvalue weighted by molar-refractivity contribution is 6.30. The lowest BCUT2D eigenvalue weighted by molar-refractivity contribution is -0.122. The van der Waals surface area contributed by atoms with Crippen LogP contribution in [0, 0.1) is 5.82 Å². The van der Waals surface area contributed by atoms with Gasteiger partial charge in [-0.3, -0.25) is 9.69 Å². The van der Waals surface area contributed by atoms with Gasteiger partial charge in [-0.1, -0.05) is 23.7 Å². The van der Waals surface area contributed by atoms with Crippen molar-refractivity contribution in [1.82, 2.24) is 10.2 Å². The smallest absolute Gasteiger partial charge is 0.234 e. The Morgan fingerprint density at radius 3 is 2.48 bits per heavy atom. The van der Waals surface area contributed by atoms with E-state index >= 15 is 0 Å². The summed E-state index contributed by atoms with van der Waals surface area (Å²) in [4.78, 5) is 16.7. The minimum Gasteiger partial charge on any atom is -0.370 e. The van der Waals surface area contributed by atoms with Crippen LogP contribution in [0.4, 0.5) is 10.1 Å². The molecule has 1 aliphatic rings. The molecule has 0 unspecified atom stereocenters. The lowest BCUT2D eigenvalue weighted by atomic mass is 10.1. The SMILES string of the molecule is O=C(CN1CCCN(c2ccc(F)cc2)CC1)NCCc1ccc(Cl)cc1. The number of nitrogens with one attached hydrogen (secondary N) is 1. The molecule has 0 radical (unpaired) electrons.